The predicted octanol–water partition coefficient (Wildman–Crippen LogP) is 2.18. The number of carbonyl (C=O) groups excluding carboxylic acids is 2. The standard InChI is InChI=1S/C24H24N4O5/c29-22(11-10-21-25-23(26-33-21)17-6-2-1-3-7-17)27-12-14-28(15-13-27)24(30)20-16-31-18-8-4-5-9-19(18)32-20/h1-9,20H,10-16H2/t20-/m1/s1. The van der Waals surface area contributed by atoms with Gasteiger partial charge in [-0.05, 0) is 12.1 Å². The molecular formula is C24H24N4O5. The number of hydrogen-bond donors (Lipinski definition) is 0. The summed E-state index contributed by atoms with van der Waals surface area (Å²) in [6.07, 6.45) is -0.0101. The summed E-state index contributed by atoms with van der Waals surface area (Å²) in [5, 5.41) is 3.99. The minimum absolute atomic E-state index is 0.00716. The molecular weight excluding hydrogens is 424 g/mol. The second kappa shape index (κ2) is 9.32. The first-order valence-electron chi connectivity index (χ1n) is 11.0. The van der Waals surface area contributed by atoms with Crippen molar-refractivity contribution in [3.05, 3.63) is 60.5 Å². The molecule has 0 N–H and O–H groups in total. The van der Waals surface area contributed by atoms with Gasteiger partial charge in [0.15, 0.2) is 11.5 Å². The van der Waals surface area contributed by atoms with E-state index in [2.05, 4.69) is 10.1 Å². The van der Waals surface area contributed by atoms with Crippen molar-refractivity contribution in [1.82, 2.24) is 19.9 Å². The number of piperazine rings is 1. The van der Waals surface area contributed by atoms with Crippen molar-refractivity contribution >= 4 is 11.8 Å². The number of rotatable bonds is 5. The molecule has 1 atom stereocenters. The van der Waals surface area contributed by atoms with Crippen LogP contribution in [0.2, 0.25) is 0 Å². The largest absolute Gasteiger partial charge is 0.485 e. The van der Waals surface area contributed by atoms with Crippen molar-refractivity contribution < 1.29 is 23.6 Å². The van der Waals surface area contributed by atoms with Gasteiger partial charge in [0, 0.05) is 44.6 Å². The number of carbonyl (C=O) groups is 2. The lowest BCUT2D eigenvalue weighted by Crippen LogP contribution is -2.55. The quantitative estimate of drug-likeness (QED) is 0.590. The first-order valence-corrected chi connectivity index (χ1v) is 11.0. The smallest absolute Gasteiger partial charge is 0.267 e. The zero-order chi connectivity index (χ0) is 22.6. The molecule has 0 spiro atoms. The van der Waals surface area contributed by atoms with Crippen molar-refractivity contribution in [2.45, 2.75) is 18.9 Å². The van der Waals surface area contributed by atoms with Crippen LogP contribution in [-0.2, 0) is 16.0 Å². The van der Waals surface area contributed by atoms with Gasteiger partial charge in [-0.1, -0.05) is 47.6 Å². The van der Waals surface area contributed by atoms with Gasteiger partial charge in [-0.3, -0.25) is 9.59 Å². The first kappa shape index (κ1) is 21.0. The Morgan fingerprint density at radius 1 is 0.909 bits per heavy atom. The molecule has 5 rings (SSSR count). The van der Waals surface area contributed by atoms with Crippen LogP contribution in [0.5, 0.6) is 11.5 Å². The molecule has 0 aliphatic carbocycles. The highest BCUT2D eigenvalue weighted by Gasteiger charge is 2.33. The Morgan fingerprint density at radius 3 is 2.39 bits per heavy atom. The highest BCUT2D eigenvalue weighted by molar-refractivity contribution is 5.82. The second-order valence-electron chi connectivity index (χ2n) is 7.95. The molecule has 3 aromatic rings. The van der Waals surface area contributed by atoms with Gasteiger partial charge in [0.1, 0.15) is 6.61 Å². The third kappa shape index (κ3) is 4.67. The minimum atomic E-state index is -0.668. The summed E-state index contributed by atoms with van der Waals surface area (Å²) in [6.45, 7) is 2.07. The molecule has 9 nitrogen and oxygen atoms in total. The highest BCUT2D eigenvalue weighted by atomic mass is 16.6. The molecule has 0 radical (unpaired) electrons. The second-order valence-corrected chi connectivity index (χ2v) is 7.95. The maximum atomic E-state index is 12.9. The molecule has 0 unspecified atom stereocenters. The Kier molecular flexibility index (Phi) is 5.93. The van der Waals surface area contributed by atoms with E-state index < -0.39 is 6.10 Å². The maximum Gasteiger partial charge on any atom is 0.267 e. The van der Waals surface area contributed by atoms with E-state index in [0.29, 0.717) is 55.8 Å². The van der Waals surface area contributed by atoms with E-state index in [1.807, 2.05) is 48.5 Å². The van der Waals surface area contributed by atoms with E-state index >= 15 is 0 Å². The topological polar surface area (TPSA) is 98.0 Å². The highest BCUT2D eigenvalue weighted by Crippen LogP contribution is 2.31. The van der Waals surface area contributed by atoms with E-state index in [4.69, 9.17) is 14.0 Å². The van der Waals surface area contributed by atoms with E-state index in [1.165, 1.54) is 0 Å². The van der Waals surface area contributed by atoms with Crippen LogP contribution in [0.25, 0.3) is 11.4 Å². The summed E-state index contributed by atoms with van der Waals surface area (Å²) < 4.78 is 16.8. The molecule has 9 heteroatoms. The molecule has 0 bridgehead atoms. The number of nitrogens with zero attached hydrogens (tertiary/aromatic N) is 4. The Morgan fingerprint density at radius 2 is 1.61 bits per heavy atom. The monoisotopic (exact) mass is 448 g/mol. The van der Waals surface area contributed by atoms with Gasteiger partial charge >= 0.3 is 0 Å². The summed E-state index contributed by atoms with van der Waals surface area (Å²) >= 11 is 0. The summed E-state index contributed by atoms with van der Waals surface area (Å²) in [7, 11) is 0. The molecule has 1 fully saturated rings. The van der Waals surface area contributed by atoms with Crippen LogP contribution in [0.3, 0.4) is 0 Å². The minimum Gasteiger partial charge on any atom is -0.485 e. The van der Waals surface area contributed by atoms with Crippen LogP contribution in [-0.4, -0.2) is 70.6 Å². The van der Waals surface area contributed by atoms with Crippen LogP contribution in [0.4, 0.5) is 0 Å². The lowest BCUT2D eigenvalue weighted by Gasteiger charge is -2.37. The van der Waals surface area contributed by atoms with Gasteiger partial charge in [-0.15, -0.1) is 0 Å². The van der Waals surface area contributed by atoms with Gasteiger partial charge < -0.3 is 23.8 Å². The normalized spacial score (nSPS) is 17.6. The van der Waals surface area contributed by atoms with Crippen molar-refractivity contribution in [2.24, 2.45) is 0 Å². The molecule has 170 valence electrons. The lowest BCUT2D eigenvalue weighted by atomic mass is 10.2. The number of amides is 2. The van der Waals surface area contributed by atoms with Crippen LogP contribution < -0.4 is 9.47 Å². The fourth-order valence-electron chi connectivity index (χ4n) is 3.95. The number of benzene rings is 2. The Balaban J connectivity index is 1.09. The summed E-state index contributed by atoms with van der Waals surface area (Å²) in [5.74, 6) is 2.07. The lowest BCUT2D eigenvalue weighted by molar-refractivity contribution is -0.146. The number of ether oxygens (including phenoxy) is 2. The zero-order valence-electron chi connectivity index (χ0n) is 18.1. The number of hydrogen-bond acceptors (Lipinski definition) is 7. The molecule has 2 amide bonds. The average Bonchev–Trinajstić information content (AvgIpc) is 3.36. The number of para-hydroxylation sites is 2. The Labute approximate surface area is 190 Å². The third-order valence-electron chi connectivity index (χ3n) is 5.78. The van der Waals surface area contributed by atoms with Crippen LogP contribution in [0.1, 0.15) is 12.3 Å². The molecule has 3 heterocycles. The van der Waals surface area contributed by atoms with Crippen LogP contribution in [0.15, 0.2) is 59.1 Å². The first-order chi connectivity index (χ1) is 16.2. The zero-order valence-corrected chi connectivity index (χ0v) is 18.1. The molecule has 1 aromatic heterocycles. The molecule has 2 aromatic carbocycles. The van der Waals surface area contributed by atoms with Crippen LogP contribution >= 0.6 is 0 Å². The third-order valence-corrected chi connectivity index (χ3v) is 5.78. The van der Waals surface area contributed by atoms with E-state index in [9.17, 15) is 9.59 Å². The van der Waals surface area contributed by atoms with Crippen molar-refractivity contribution in [2.75, 3.05) is 32.8 Å². The Bertz CT molecular complexity index is 1120. The molecule has 1 saturated heterocycles. The van der Waals surface area contributed by atoms with E-state index in [-0.39, 0.29) is 24.8 Å². The predicted molar refractivity (Wildman–Crippen MR) is 118 cm³/mol. The van der Waals surface area contributed by atoms with E-state index in [0.717, 1.165) is 5.56 Å². The molecule has 2 aliphatic heterocycles. The maximum absolute atomic E-state index is 12.9. The van der Waals surface area contributed by atoms with Gasteiger partial charge in [0.25, 0.3) is 5.91 Å². The number of fused-ring (bicyclic) bond motifs is 1. The summed E-state index contributed by atoms with van der Waals surface area (Å²) in [4.78, 5) is 33.4. The fourth-order valence-corrected chi connectivity index (χ4v) is 3.95. The van der Waals surface area contributed by atoms with Crippen molar-refractivity contribution in [3.8, 4) is 22.9 Å². The van der Waals surface area contributed by atoms with Crippen LogP contribution in [0, 0.1) is 0 Å². The number of aromatic nitrogens is 2. The molecule has 33 heavy (non-hydrogen) atoms. The fraction of sp³-hybridized carbons (Fsp3) is 0.333. The molecule has 0 saturated carbocycles. The Hall–Kier alpha value is -3.88. The van der Waals surface area contributed by atoms with Gasteiger partial charge in [-0.25, -0.2) is 0 Å². The SMILES string of the molecule is O=C(CCc1nc(-c2ccccc2)no1)N1CCN(C(=O)[C@H]2COc3ccccc3O2)CC1. The van der Waals surface area contributed by atoms with Crippen molar-refractivity contribution in [3.63, 3.8) is 0 Å². The average molecular weight is 448 g/mol. The van der Waals surface area contributed by atoms with Gasteiger partial charge in [0.05, 0.1) is 0 Å². The van der Waals surface area contributed by atoms with Gasteiger partial charge in [-0.2, -0.15) is 4.98 Å². The molecule has 2 aliphatic rings. The van der Waals surface area contributed by atoms with Crippen molar-refractivity contribution in [1.29, 1.82) is 0 Å². The summed E-state index contributed by atoms with van der Waals surface area (Å²) in [6, 6.07) is 16.9. The van der Waals surface area contributed by atoms with Gasteiger partial charge in [0.2, 0.25) is 23.7 Å². The number of aryl methyl sites for hydroxylation is 1. The van der Waals surface area contributed by atoms with E-state index in [1.54, 1.807) is 15.9 Å². The summed E-state index contributed by atoms with van der Waals surface area (Å²) in [5.41, 5.74) is 0.871.